The number of methoxy groups -OCH3 is 1. The number of thioether (sulfide) groups is 1. The Hall–Kier alpha value is -2.03. The van der Waals surface area contributed by atoms with Crippen LogP contribution in [-0.2, 0) is 20.9 Å². The van der Waals surface area contributed by atoms with Gasteiger partial charge < -0.3 is 10.1 Å². The van der Waals surface area contributed by atoms with E-state index in [4.69, 9.17) is 0 Å². The molecule has 0 aromatic carbocycles. The molecule has 0 aliphatic heterocycles. The third-order valence-electron chi connectivity index (χ3n) is 2.93. The van der Waals surface area contributed by atoms with Crippen LogP contribution in [0.25, 0.3) is 0 Å². The number of nitrogens with one attached hydrogen (secondary N) is 2. The van der Waals surface area contributed by atoms with Gasteiger partial charge in [-0.05, 0) is 25.4 Å². The van der Waals surface area contributed by atoms with Gasteiger partial charge in [0.25, 0.3) is 5.56 Å². The molecule has 0 saturated heterocycles. The Labute approximate surface area is 131 Å². The number of esters is 1. The minimum absolute atomic E-state index is 0.288. The van der Waals surface area contributed by atoms with Gasteiger partial charge in [-0.3, -0.25) is 19.1 Å². The molecule has 0 radical (unpaired) electrons. The number of amides is 1. The molecule has 9 heteroatoms. The largest absolute Gasteiger partial charge is 0.467 e. The molecular weight excluding hydrogens is 310 g/mol. The Balaban J connectivity index is 2.79. The lowest BCUT2D eigenvalue weighted by Gasteiger charge is -2.16. The summed E-state index contributed by atoms with van der Waals surface area (Å²) in [6.45, 7) is 1.24. The number of aryl methyl sites for hydroxylation is 1. The van der Waals surface area contributed by atoms with Gasteiger partial charge in [-0.15, -0.1) is 0 Å². The second-order valence-electron chi connectivity index (χ2n) is 4.62. The van der Waals surface area contributed by atoms with Crippen molar-refractivity contribution in [3.63, 3.8) is 0 Å². The fourth-order valence-electron chi connectivity index (χ4n) is 1.76. The lowest BCUT2D eigenvalue weighted by atomic mass is 10.2. The van der Waals surface area contributed by atoms with Crippen molar-refractivity contribution < 1.29 is 14.3 Å². The van der Waals surface area contributed by atoms with E-state index in [1.807, 2.05) is 6.26 Å². The van der Waals surface area contributed by atoms with Gasteiger partial charge in [-0.2, -0.15) is 11.8 Å². The number of rotatable bonds is 7. The molecule has 22 heavy (non-hydrogen) atoms. The molecule has 2 N–H and O–H groups in total. The number of aromatic amines is 1. The van der Waals surface area contributed by atoms with E-state index in [0.29, 0.717) is 17.7 Å². The molecule has 0 aliphatic rings. The molecule has 0 unspecified atom stereocenters. The van der Waals surface area contributed by atoms with Gasteiger partial charge in [-0.25, -0.2) is 9.59 Å². The summed E-state index contributed by atoms with van der Waals surface area (Å²) < 4.78 is 5.72. The first kappa shape index (κ1) is 18.0. The molecule has 1 heterocycles. The molecule has 122 valence electrons. The minimum Gasteiger partial charge on any atom is -0.467 e. The Morgan fingerprint density at radius 2 is 2.14 bits per heavy atom. The highest BCUT2D eigenvalue weighted by Gasteiger charge is 2.21. The maximum atomic E-state index is 12.0. The normalized spacial score (nSPS) is 11.8. The summed E-state index contributed by atoms with van der Waals surface area (Å²) in [5, 5.41) is 2.53. The molecule has 1 atom stereocenters. The predicted molar refractivity (Wildman–Crippen MR) is 83.0 cm³/mol. The van der Waals surface area contributed by atoms with Gasteiger partial charge in [0.05, 0.1) is 7.11 Å². The quantitative estimate of drug-likeness (QED) is 0.637. The van der Waals surface area contributed by atoms with E-state index in [-0.39, 0.29) is 6.54 Å². The van der Waals surface area contributed by atoms with E-state index in [1.165, 1.54) is 20.2 Å². The van der Waals surface area contributed by atoms with Gasteiger partial charge in [0.1, 0.15) is 12.6 Å². The summed E-state index contributed by atoms with van der Waals surface area (Å²) >= 11 is 1.54. The fourth-order valence-corrected chi connectivity index (χ4v) is 2.23. The van der Waals surface area contributed by atoms with Gasteiger partial charge in [-0.1, -0.05) is 0 Å². The van der Waals surface area contributed by atoms with E-state index < -0.39 is 29.2 Å². The summed E-state index contributed by atoms with van der Waals surface area (Å²) in [5.74, 6) is -0.366. The maximum absolute atomic E-state index is 12.0. The first-order chi connectivity index (χ1) is 10.4. The first-order valence-corrected chi connectivity index (χ1v) is 7.95. The van der Waals surface area contributed by atoms with E-state index in [2.05, 4.69) is 15.0 Å². The molecule has 1 rings (SSSR count). The topological polar surface area (TPSA) is 110 Å². The Bertz CT molecular complexity index is 652. The summed E-state index contributed by atoms with van der Waals surface area (Å²) in [5.41, 5.74) is -0.849. The van der Waals surface area contributed by atoms with Gasteiger partial charge in [0, 0.05) is 11.8 Å². The zero-order valence-corrected chi connectivity index (χ0v) is 13.5. The smallest absolute Gasteiger partial charge is 0.328 e. The van der Waals surface area contributed by atoms with Crippen LogP contribution in [0.3, 0.4) is 0 Å². The van der Waals surface area contributed by atoms with Crippen molar-refractivity contribution in [3.8, 4) is 0 Å². The van der Waals surface area contributed by atoms with Crippen LogP contribution in [0, 0.1) is 6.92 Å². The van der Waals surface area contributed by atoms with Crippen LogP contribution >= 0.6 is 11.8 Å². The number of carbonyl (C=O) groups excluding carboxylic acids is 2. The molecule has 0 fully saturated rings. The molecule has 1 aromatic heterocycles. The van der Waals surface area contributed by atoms with Gasteiger partial charge in [0.15, 0.2) is 0 Å². The van der Waals surface area contributed by atoms with Crippen LogP contribution in [0.2, 0.25) is 0 Å². The maximum Gasteiger partial charge on any atom is 0.328 e. The van der Waals surface area contributed by atoms with E-state index >= 15 is 0 Å². The van der Waals surface area contributed by atoms with Crippen molar-refractivity contribution in [1.29, 1.82) is 0 Å². The molecule has 0 bridgehead atoms. The third-order valence-corrected chi connectivity index (χ3v) is 3.58. The molecule has 1 amide bonds. The number of aromatic nitrogens is 2. The number of hydrogen-bond donors (Lipinski definition) is 2. The van der Waals surface area contributed by atoms with Crippen molar-refractivity contribution in [1.82, 2.24) is 14.9 Å². The van der Waals surface area contributed by atoms with Crippen molar-refractivity contribution in [2.24, 2.45) is 0 Å². The molecule has 8 nitrogen and oxygen atoms in total. The average molecular weight is 329 g/mol. The van der Waals surface area contributed by atoms with Crippen LogP contribution < -0.4 is 16.6 Å². The van der Waals surface area contributed by atoms with E-state index in [9.17, 15) is 19.2 Å². The lowest BCUT2D eigenvalue weighted by Crippen LogP contribution is -2.44. The molecule has 0 spiro atoms. The van der Waals surface area contributed by atoms with Crippen molar-refractivity contribution >= 4 is 23.6 Å². The van der Waals surface area contributed by atoms with E-state index in [0.717, 1.165) is 4.57 Å². The van der Waals surface area contributed by atoms with Crippen LogP contribution in [0.15, 0.2) is 15.8 Å². The number of nitrogens with zero attached hydrogens (tertiary/aromatic N) is 1. The number of hydrogen-bond acceptors (Lipinski definition) is 6. The van der Waals surface area contributed by atoms with Gasteiger partial charge in [0.2, 0.25) is 5.91 Å². The first-order valence-electron chi connectivity index (χ1n) is 6.55. The Morgan fingerprint density at radius 3 is 2.73 bits per heavy atom. The lowest BCUT2D eigenvalue weighted by molar-refractivity contribution is -0.145. The van der Waals surface area contributed by atoms with Crippen LogP contribution in [0.1, 0.15) is 12.0 Å². The van der Waals surface area contributed by atoms with Crippen LogP contribution in [0.5, 0.6) is 0 Å². The monoisotopic (exact) mass is 329 g/mol. The highest BCUT2D eigenvalue weighted by molar-refractivity contribution is 7.98. The second-order valence-corrected chi connectivity index (χ2v) is 5.61. The predicted octanol–water partition coefficient (Wildman–Crippen LogP) is -0.744. The zero-order chi connectivity index (χ0) is 16.7. The fraction of sp³-hybridized carbons (Fsp3) is 0.538. The standard InChI is InChI=1S/C13H19N3O5S/c1-8-6-16(13(20)15-11(8)18)7-10(17)14-9(4-5-22-3)12(19)21-2/h6,9H,4-5,7H2,1-3H3,(H,14,17)(H,15,18,20)/t9-/m0/s1. The number of ether oxygens (including phenoxy) is 1. The highest BCUT2D eigenvalue weighted by Crippen LogP contribution is 2.02. The summed E-state index contributed by atoms with van der Waals surface area (Å²) in [6.07, 6.45) is 3.62. The zero-order valence-electron chi connectivity index (χ0n) is 12.7. The second kappa shape index (κ2) is 8.42. The average Bonchev–Trinajstić information content (AvgIpc) is 2.48. The van der Waals surface area contributed by atoms with Crippen molar-refractivity contribution in [3.05, 3.63) is 32.6 Å². The third kappa shape index (κ3) is 5.06. The molecule has 1 aromatic rings. The molecule has 0 aliphatic carbocycles. The number of H-pyrrole nitrogens is 1. The summed E-state index contributed by atoms with van der Waals surface area (Å²) in [7, 11) is 1.25. The van der Waals surface area contributed by atoms with Crippen LogP contribution in [0.4, 0.5) is 0 Å². The van der Waals surface area contributed by atoms with Crippen molar-refractivity contribution in [2.45, 2.75) is 25.9 Å². The van der Waals surface area contributed by atoms with Crippen LogP contribution in [-0.4, -0.2) is 46.6 Å². The van der Waals surface area contributed by atoms with Gasteiger partial charge >= 0.3 is 11.7 Å². The SMILES string of the molecule is COC(=O)[C@H](CCSC)NC(=O)Cn1cc(C)c(=O)[nH]c1=O. The van der Waals surface area contributed by atoms with Crippen molar-refractivity contribution in [2.75, 3.05) is 19.1 Å². The molecular formula is C13H19N3O5S. The molecule has 0 saturated carbocycles. The highest BCUT2D eigenvalue weighted by atomic mass is 32.2. The summed E-state index contributed by atoms with van der Waals surface area (Å²) in [4.78, 5) is 48.6. The minimum atomic E-state index is -0.760. The number of carbonyl (C=O) groups is 2. The van der Waals surface area contributed by atoms with E-state index in [1.54, 1.807) is 11.8 Å². The Morgan fingerprint density at radius 1 is 1.45 bits per heavy atom. The summed E-state index contributed by atoms with van der Waals surface area (Å²) in [6, 6.07) is -0.760. The Kier molecular flexibility index (Phi) is 6.90.